The molecule has 0 radical (unpaired) electrons. The molecule has 2 aliphatic heterocycles. The number of likely N-dealkylation sites (tertiary alicyclic amines) is 2. The Morgan fingerprint density at radius 3 is 2.45 bits per heavy atom. The third kappa shape index (κ3) is 4.37. The predicted octanol–water partition coefficient (Wildman–Crippen LogP) is 0.978. The van der Waals surface area contributed by atoms with E-state index in [-0.39, 0.29) is 12.6 Å². The van der Waals surface area contributed by atoms with Gasteiger partial charge in [0.25, 0.3) is 0 Å². The highest BCUT2D eigenvalue weighted by atomic mass is 16.4. The van der Waals surface area contributed by atoms with E-state index in [1.165, 1.54) is 6.42 Å². The molecule has 0 spiro atoms. The number of amides is 2. The van der Waals surface area contributed by atoms with Gasteiger partial charge in [-0.25, -0.2) is 4.79 Å². The van der Waals surface area contributed by atoms with Crippen LogP contribution in [0.5, 0.6) is 0 Å². The molecule has 1 atom stereocenters. The number of nitrogens with one attached hydrogen (secondary N) is 1. The Morgan fingerprint density at radius 1 is 1.05 bits per heavy atom. The summed E-state index contributed by atoms with van der Waals surface area (Å²) in [7, 11) is 0. The van der Waals surface area contributed by atoms with Crippen LogP contribution in [0.3, 0.4) is 0 Å². The number of hydrogen-bond acceptors (Lipinski definition) is 3. The van der Waals surface area contributed by atoms with E-state index in [2.05, 4.69) is 5.32 Å². The van der Waals surface area contributed by atoms with Crippen molar-refractivity contribution in [2.24, 2.45) is 5.92 Å². The summed E-state index contributed by atoms with van der Waals surface area (Å²) in [6, 6.07) is 0.174. The zero-order valence-corrected chi connectivity index (χ0v) is 12.0. The number of carbonyl (C=O) groups is 2. The second-order valence-corrected chi connectivity index (χ2v) is 5.81. The van der Waals surface area contributed by atoms with Crippen molar-refractivity contribution in [2.45, 2.75) is 32.1 Å². The van der Waals surface area contributed by atoms with Gasteiger partial charge in [0.1, 0.15) is 0 Å². The molecule has 2 saturated heterocycles. The summed E-state index contributed by atoms with van der Waals surface area (Å²) in [5, 5.41) is 11.6. The summed E-state index contributed by atoms with van der Waals surface area (Å²) >= 11 is 0. The summed E-state index contributed by atoms with van der Waals surface area (Å²) in [4.78, 5) is 26.8. The van der Waals surface area contributed by atoms with Gasteiger partial charge in [-0.05, 0) is 38.0 Å². The van der Waals surface area contributed by atoms with Crippen LogP contribution in [-0.2, 0) is 4.79 Å². The first kappa shape index (κ1) is 15.1. The first-order valence-electron chi connectivity index (χ1n) is 7.63. The van der Waals surface area contributed by atoms with Crippen molar-refractivity contribution in [1.29, 1.82) is 0 Å². The molecule has 1 unspecified atom stereocenters. The maximum absolute atomic E-state index is 12.4. The molecule has 6 nitrogen and oxygen atoms in total. The highest BCUT2D eigenvalue weighted by Crippen LogP contribution is 2.19. The number of urea groups is 1. The quantitative estimate of drug-likeness (QED) is 0.806. The standard InChI is InChI=1S/C14H25N3O3/c18-13(19)10-15-9-12-5-4-8-17(11-12)14(20)16-6-2-1-3-7-16/h12,15H,1-11H2,(H,18,19). The van der Waals surface area contributed by atoms with E-state index in [1.54, 1.807) is 0 Å². The molecule has 6 heteroatoms. The van der Waals surface area contributed by atoms with Crippen LogP contribution in [0.1, 0.15) is 32.1 Å². The van der Waals surface area contributed by atoms with Gasteiger partial charge in [0, 0.05) is 32.7 Å². The van der Waals surface area contributed by atoms with Crippen molar-refractivity contribution < 1.29 is 14.7 Å². The van der Waals surface area contributed by atoms with Crippen LogP contribution in [0.25, 0.3) is 0 Å². The second-order valence-electron chi connectivity index (χ2n) is 5.81. The molecular formula is C14H25N3O3. The Hall–Kier alpha value is -1.30. The lowest BCUT2D eigenvalue weighted by atomic mass is 9.98. The van der Waals surface area contributed by atoms with E-state index in [0.717, 1.165) is 51.9 Å². The van der Waals surface area contributed by atoms with Gasteiger partial charge < -0.3 is 20.2 Å². The maximum atomic E-state index is 12.4. The Balaban J connectivity index is 1.77. The lowest BCUT2D eigenvalue weighted by Crippen LogP contribution is -2.50. The molecule has 0 bridgehead atoms. The Labute approximate surface area is 120 Å². The van der Waals surface area contributed by atoms with Crippen LogP contribution < -0.4 is 5.32 Å². The Morgan fingerprint density at radius 2 is 1.75 bits per heavy atom. The summed E-state index contributed by atoms with van der Waals surface area (Å²) in [6.07, 6.45) is 5.53. The van der Waals surface area contributed by atoms with Gasteiger partial charge in [-0.3, -0.25) is 4.79 Å². The normalized spacial score (nSPS) is 23.7. The summed E-state index contributed by atoms with van der Waals surface area (Å²) in [6.45, 7) is 4.04. The highest BCUT2D eigenvalue weighted by molar-refractivity contribution is 5.74. The fourth-order valence-electron chi connectivity index (χ4n) is 3.07. The third-order valence-electron chi connectivity index (χ3n) is 4.13. The molecule has 0 aliphatic carbocycles. The summed E-state index contributed by atoms with van der Waals surface area (Å²) in [5.74, 6) is -0.459. The molecule has 2 N–H and O–H groups in total. The van der Waals surface area contributed by atoms with Gasteiger partial charge in [-0.2, -0.15) is 0 Å². The van der Waals surface area contributed by atoms with Gasteiger partial charge in [0.2, 0.25) is 0 Å². The molecule has 2 rings (SSSR count). The average Bonchev–Trinajstić information content (AvgIpc) is 2.47. The summed E-state index contributed by atoms with van der Waals surface area (Å²) in [5.41, 5.74) is 0. The molecule has 2 fully saturated rings. The van der Waals surface area contributed by atoms with Crippen LogP contribution >= 0.6 is 0 Å². The van der Waals surface area contributed by atoms with Gasteiger partial charge in [-0.1, -0.05) is 0 Å². The fourth-order valence-corrected chi connectivity index (χ4v) is 3.07. The number of rotatable bonds is 4. The van der Waals surface area contributed by atoms with Gasteiger partial charge in [0.05, 0.1) is 6.54 Å². The SMILES string of the molecule is O=C(O)CNCC1CCCN(C(=O)N2CCCCC2)C1. The average molecular weight is 283 g/mol. The predicted molar refractivity (Wildman–Crippen MR) is 75.6 cm³/mol. The van der Waals surface area contributed by atoms with E-state index in [9.17, 15) is 9.59 Å². The van der Waals surface area contributed by atoms with Crippen molar-refractivity contribution in [2.75, 3.05) is 39.3 Å². The second kappa shape index (κ2) is 7.47. The lowest BCUT2D eigenvalue weighted by molar-refractivity contribution is -0.136. The van der Waals surface area contributed by atoms with E-state index in [1.807, 2.05) is 9.80 Å². The summed E-state index contributed by atoms with van der Waals surface area (Å²) < 4.78 is 0. The number of carbonyl (C=O) groups excluding carboxylic acids is 1. The van der Waals surface area contributed by atoms with Crippen LogP contribution in [-0.4, -0.2) is 66.2 Å². The van der Waals surface area contributed by atoms with Crippen molar-refractivity contribution >= 4 is 12.0 Å². The number of carboxylic acid groups (broad SMARTS) is 1. The zero-order valence-electron chi connectivity index (χ0n) is 12.0. The number of nitrogens with zero attached hydrogens (tertiary/aromatic N) is 2. The van der Waals surface area contributed by atoms with E-state index < -0.39 is 5.97 Å². The molecule has 2 aliphatic rings. The van der Waals surface area contributed by atoms with E-state index >= 15 is 0 Å². The van der Waals surface area contributed by atoms with Crippen LogP contribution in [0, 0.1) is 5.92 Å². The Bertz CT molecular complexity index is 343. The highest BCUT2D eigenvalue weighted by Gasteiger charge is 2.27. The topological polar surface area (TPSA) is 72.9 Å². The zero-order chi connectivity index (χ0) is 14.4. The first-order valence-corrected chi connectivity index (χ1v) is 7.63. The third-order valence-corrected chi connectivity index (χ3v) is 4.13. The lowest BCUT2D eigenvalue weighted by Gasteiger charge is -2.37. The van der Waals surface area contributed by atoms with Gasteiger partial charge in [-0.15, -0.1) is 0 Å². The fraction of sp³-hybridized carbons (Fsp3) is 0.857. The molecule has 0 aromatic rings. The number of aliphatic carboxylic acids is 1. The molecule has 0 saturated carbocycles. The smallest absolute Gasteiger partial charge is 0.320 e. The monoisotopic (exact) mass is 283 g/mol. The van der Waals surface area contributed by atoms with Crippen LogP contribution in [0.2, 0.25) is 0 Å². The molecule has 2 heterocycles. The van der Waals surface area contributed by atoms with E-state index in [4.69, 9.17) is 5.11 Å². The number of hydrogen-bond donors (Lipinski definition) is 2. The van der Waals surface area contributed by atoms with Crippen LogP contribution in [0.4, 0.5) is 4.79 Å². The molecule has 0 aromatic heterocycles. The van der Waals surface area contributed by atoms with Crippen molar-refractivity contribution in [3.63, 3.8) is 0 Å². The van der Waals surface area contributed by atoms with Crippen LogP contribution in [0.15, 0.2) is 0 Å². The van der Waals surface area contributed by atoms with E-state index in [0.29, 0.717) is 12.5 Å². The molecule has 114 valence electrons. The van der Waals surface area contributed by atoms with Crippen molar-refractivity contribution in [1.82, 2.24) is 15.1 Å². The van der Waals surface area contributed by atoms with Gasteiger partial charge in [0.15, 0.2) is 0 Å². The first-order chi connectivity index (χ1) is 9.66. The minimum atomic E-state index is -0.831. The van der Waals surface area contributed by atoms with Crippen molar-refractivity contribution in [3.8, 4) is 0 Å². The Kier molecular flexibility index (Phi) is 5.64. The minimum Gasteiger partial charge on any atom is -0.480 e. The number of piperidine rings is 2. The maximum Gasteiger partial charge on any atom is 0.320 e. The molecule has 2 amide bonds. The molecule has 20 heavy (non-hydrogen) atoms. The minimum absolute atomic E-state index is 0.00340. The number of carboxylic acids is 1. The molecular weight excluding hydrogens is 258 g/mol. The van der Waals surface area contributed by atoms with Gasteiger partial charge >= 0.3 is 12.0 Å². The van der Waals surface area contributed by atoms with Crippen molar-refractivity contribution in [3.05, 3.63) is 0 Å². The molecule has 0 aromatic carbocycles. The largest absolute Gasteiger partial charge is 0.480 e.